The predicted molar refractivity (Wildman–Crippen MR) is 113 cm³/mol. The number of rotatable bonds is 10. The molecule has 2 aromatic carbocycles. The number of para-hydroxylation sites is 2. The Bertz CT molecular complexity index is 903. The number of carbonyl (C=O) groups excluding carboxylic acids is 1. The molecule has 0 unspecified atom stereocenters. The normalized spacial score (nSPS) is 11.1. The van der Waals surface area contributed by atoms with E-state index in [4.69, 9.17) is 16.3 Å². The Morgan fingerprint density at radius 2 is 1.82 bits per heavy atom. The van der Waals surface area contributed by atoms with Gasteiger partial charge in [0.1, 0.15) is 12.4 Å². The van der Waals surface area contributed by atoms with E-state index < -0.39 is 10.0 Å². The molecule has 0 aliphatic carbocycles. The minimum atomic E-state index is -3.50. The lowest BCUT2D eigenvalue weighted by molar-refractivity contribution is -0.121. The van der Waals surface area contributed by atoms with Crippen LogP contribution in [0.5, 0.6) is 5.75 Å². The van der Waals surface area contributed by atoms with Crippen molar-refractivity contribution in [3.05, 3.63) is 59.1 Å². The second kappa shape index (κ2) is 10.3. The molecule has 1 amide bonds. The molecule has 0 bridgehead atoms. The first kappa shape index (κ1) is 22.0. The topological polar surface area (TPSA) is 75.7 Å². The van der Waals surface area contributed by atoms with Crippen LogP contribution in [-0.2, 0) is 14.8 Å². The summed E-state index contributed by atoms with van der Waals surface area (Å²) in [6, 6.07) is 14.4. The first-order valence-corrected chi connectivity index (χ1v) is 11.2. The maximum atomic E-state index is 12.1. The monoisotopic (exact) mass is 424 g/mol. The third kappa shape index (κ3) is 6.73. The van der Waals surface area contributed by atoms with Crippen LogP contribution < -0.4 is 14.4 Å². The van der Waals surface area contributed by atoms with Crippen molar-refractivity contribution >= 4 is 33.2 Å². The number of amides is 1. The van der Waals surface area contributed by atoms with Crippen LogP contribution in [0, 0.1) is 6.92 Å². The molecule has 0 saturated heterocycles. The van der Waals surface area contributed by atoms with Gasteiger partial charge in [0.05, 0.1) is 23.5 Å². The summed E-state index contributed by atoms with van der Waals surface area (Å²) >= 11 is 6.11. The van der Waals surface area contributed by atoms with E-state index >= 15 is 0 Å². The Labute approximate surface area is 171 Å². The van der Waals surface area contributed by atoms with Crippen LogP contribution in [0.15, 0.2) is 48.5 Å². The molecule has 0 aliphatic heterocycles. The van der Waals surface area contributed by atoms with E-state index in [2.05, 4.69) is 5.32 Å². The Balaban J connectivity index is 1.77. The van der Waals surface area contributed by atoms with E-state index in [1.165, 1.54) is 4.31 Å². The smallest absolute Gasteiger partial charge is 0.232 e. The molecule has 28 heavy (non-hydrogen) atoms. The standard InChI is InChI=1S/C20H25ClN2O4S/c1-16-8-3-6-11-19(16)27-15-13-22-20(24)12-7-14-23(28(2,25)26)18-10-5-4-9-17(18)21/h3-6,8-11H,7,12-15H2,1-2H3,(H,22,24). The van der Waals surface area contributed by atoms with Gasteiger partial charge in [0, 0.05) is 13.0 Å². The summed E-state index contributed by atoms with van der Waals surface area (Å²) in [7, 11) is -3.50. The predicted octanol–water partition coefficient (Wildman–Crippen LogP) is 3.39. The molecule has 1 N–H and O–H groups in total. The number of halogens is 1. The van der Waals surface area contributed by atoms with Crippen LogP contribution >= 0.6 is 11.6 Å². The zero-order valence-electron chi connectivity index (χ0n) is 16.0. The molecule has 0 saturated carbocycles. The highest BCUT2D eigenvalue weighted by atomic mass is 35.5. The van der Waals surface area contributed by atoms with Crippen LogP contribution in [0.4, 0.5) is 5.69 Å². The summed E-state index contributed by atoms with van der Waals surface area (Å²) in [5, 5.41) is 3.13. The fraction of sp³-hybridized carbons (Fsp3) is 0.350. The number of sulfonamides is 1. The van der Waals surface area contributed by atoms with E-state index in [0.717, 1.165) is 17.6 Å². The average Bonchev–Trinajstić information content (AvgIpc) is 2.64. The molecule has 8 heteroatoms. The SMILES string of the molecule is Cc1ccccc1OCCNC(=O)CCCN(c1ccccc1Cl)S(C)(=O)=O. The van der Waals surface area contributed by atoms with Gasteiger partial charge in [-0.1, -0.05) is 41.9 Å². The molecule has 0 atom stereocenters. The largest absolute Gasteiger partial charge is 0.491 e. The van der Waals surface area contributed by atoms with Crippen molar-refractivity contribution in [2.24, 2.45) is 0 Å². The first-order valence-electron chi connectivity index (χ1n) is 8.96. The third-order valence-corrected chi connectivity index (χ3v) is 5.56. The van der Waals surface area contributed by atoms with Gasteiger partial charge in [-0.15, -0.1) is 0 Å². The molecule has 152 valence electrons. The van der Waals surface area contributed by atoms with Crippen LogP contribution in [0.2, 0.25) is 5.02 Å². The number of aryl methyl sites for hydroxylation is 1. The highest BCUT2D eigenvalue weighted by Gasteiger charge is 2.19. The van der Waals surface area contributed by atoms with Gasteiger partial charge in [0.25, 0.3) is 0 Å². The molecule has 0 fully saturated rings. The minimum absolute atomic E-state index is 0.152. The van der Waals surface area contributed by atoms with Crippen LogP contribution in [0.25, 0.3) is 0 Å². The van der Waals surface area contributed by atoms with E-state index in [1.54, 1.807) is 24.3 Å². The third-order valence-electron chi connectivity index (χ3n) is 4.06. The maximum Gasteiger partial charge on any atom is 0.232 e. The van der Waals surface area contributed by atoms with Gasteiger partial charge in [0.15, 0.2) is 0 Å². The Morgan fingerprint density at radius 3 is 2.50 bits per heavy atom. The maximum absolute atomic E-state index is 12.1. The minimum Gasteiger partial charge on any atom is -0.491 e. The summed E-state index contributed by atoms with van der Waals surface area (Å²) < 4.78 is 31.0. The van der Waals surface area contributed by atoms with Crippen molar-refractivity contribution in [1.29, 1.82) is 0 Å². The van der Waals surface area contributed by atoms with E-state index in [9.17, 15) is 13.2 Å². The van der Waals surface area contributed by atoms with E-state index in [1.807, 2.05) is 31.2 Å². The molecule has 2 aromatic rings. The van der Waals surface area contributed by atoms with Gasteiger partial charge in [0.2, 0.25) is 15.9 Å². The zero-order chi connectivity index (χ0) is 20.6. The number of carbonyl (C=O) groups is 1. The van der Waals surface area contributed by atoms with Crippen molar-refractivity contribution in [2.75, 3.05) is 30.3 Å². The number of benzene rings is 2. The fourth-order valence-electron chi connectivity index (χ4n) is 2.66. The van der Waals surface area contributed by atoms with Crippen molar-refractivity contribution < 1.29 is 17.9 Å². The van der Waals surface area contributed by atoms with Crippen LogP contribution in [0.1, 0.15) is 18.4 Å². The van der Waals surface area contributed by atoms with Gasteiger partial charge in [-0.05, 0) is 37.1 Å². The number of nitrogens with one attached hydrogen (secondary N) is 1. The Kier molecular flexibility index (Phi) is 8.14. The van der Waals surface area contributed by atoms with Gasteiger partial charge < -0.3 is 10.1 Å². The Hall–Kier alpha value is -2.25. The number of hydrogen-bond donors (Lipinski definition) is 1. The first-order chi connectivity index (χ1) is 13.3. The fourth-order valence-corrected chi connectivity index (χ4v) is 3.93. The van der Waals surface area contributed by atoms with Crippen molar-refractivity contribution in [3.63, 3.8) is 0 Å². The second-order valence-electron chi connectivity index (χ2n) is 6.35. The lowest BCUT2D eigenvalue weighted by Crippen LogP contribution is -2.33. The molecular formula is C20H25ClN2O4S. The number of nitrogens with zero attached hydrogens (tertiary/aromatic N) is 1. The summed E-state index contributed by atoms with van der Waals surface area (Å²) in [6.45, 7) is 2.88. The molecule has 0 aliphatic rings. The number of anilines is 1. The quantitative estimate of drug-likeness (QED) is 0.593. The Morgan fingerprint density at radius 1 is 1.14 bits per heavy atom. The second-order valence-corrected chi connectivity index (χ2v) is 8.67. The zero-order valence-corrected chi connectivity index (χ0v) is 17.6. The molecule has 0 radical (unpaired) electrons. The number of hydrogen-bond acceptors (Lipinski definition) is 4. The molecule has 0 spiro atoms. The lowest BCUT2D eigenvalue weighted by Gasteiger charge is -2.23. The van der Waals surface area contributed by atoms with Crippen LogP contribution in [-0.4, -0.2) is 40.3 Å². The van der Waals surface area contributed by atoms with Crippen molar-refractivity contribution in [1.82, 2.24) is 5.32 Å². The molecular weight excluding hydrogens is 400 g/mol. The molecule has 0 heterocycles. The summed E-state index contributed by atoms with van der Waals surface area (Å²) in [4.78, 5) is 12.0. The summed E-state index contributed by atoms with van der Waals surface area (Å²) in [5.74, 6) is 0.640. The summed E-state index contributed by atoms with van der Waals surface area (Å²) in [6.07, 6.45) is 1.71. The van der Waals surface area contributed by atoms with Crippen molar-refractivity contribution in [2.45, 2.75) is 19.8 Å². The van der Waals surface area contributed by atoms with Crippen LogP contribution in [0.3, 0.4) is 0 Å². The number of ether oxygens (including phenoxy) is 1. The highest BCUT2D eigenvalue weighted by molar-refractivity contribution is 7.92. The van der Waals surface area contributed by atoms with Gasteiger partial charge in [-0.25, -0.2) is 8.42 Å². The van der Waals surface area contributed by atoms with Crippen molar-refractivity contribution in [3.8, 4) is 5.75 Å². The average molecular weight is 425 g/mol. The molecule has 0 aromatic heterocycles. The highest BCUT2D eigenvalue weighted by Crippen LogP contribution is 2.27. The van der Waals surface area contributed by atoms with Gasteiger partial charge in [-0.2, -0.15) is 0 Å². The van der Waals surface area contributed by atoms with E-state index in [-0.39, 0.29) is 18.9 Å². The van der Waals surface area contributed by atoms with Gasteiger partial charge >= 0.3 is 0 Å². The molecule has 6 nitrogen and oxygen atoms in total. The van der Waals surface area contributed by atoms with Gasteiger partial charge in [-0.3, -0.25) is 9.10 Å². The van der Waals surface area contributed by atoms with E-state index in [0.29, 0.717) is 30.3 Å². The summed E-state index contributed by atoms with van der Waals surface area (Å²) in [5.41, 5.74) is 1.45. The lowest BCUT2D eigenvalue weighted by atomic mass is 10.2. The molecule has 2 rings (SSSR count).